The number of benzene rings is 1. The Labute approximate surface area is 155 Å². The maximum absolute atomic E-state index is 14.2. The minimum atomic E-state index is -3.58. The van der Waals surface area contributed by atoms with Gasteiger partial charge >= 0.3 is 6.09 Å². The number of rotatable bonds is 2. The number of carbonyl (C=O) groups is 1. The summed E-state index contributed by atoms with van der Waals surface area (Å²) in [4.78, 5) is 13.2. The summed E-state index contributed by atoms with van der Waals surface area (Å²) in [6.45, 7) is -0.728. The van der Waals surface area contributed by atoms with Crippen LogP contribution in [0.4, 0.5) is 13.6 Å². The molecular formula is C16H19ClF2N2O4S. The lowest BCUT2D eigenvalue weighted by Crippen LogP contribution is -2.59. The van der Waals surface area contributed by atoms with Gasteiger partial charge in [0.05, 0.1) is 12.3 Å². The van der Waals surface area contributed by atoms with Gasteiger partial charge in [0, 0.05) is 30.6 Å². The molecule has 10 heteroatoms. The fraction of sp³-hybridized carbons (Fsp3) is 0.562. The van der Waals surface area contributed by atoms with Gasteiger partial charge in [-0.05, 0) is 37.1 Å². The normalized spacial score (nSPS) is 25.7. The monoisotopic (exact) mass is 408 g/mol. The summed E-state index contributed by atoms with van der Waals surface area (Å²) in [7, 11) is -3.58. The van der Waals surface area contributed by atoms with Gasteiger partial charge in [0.25, 0.3) is 5.92 Å². The molecule has 2 aliphatic heterocycles. The Balaban J connectivity index is 1.74. The molecule has 144 valence electrons. The molecule has 0 radical (unpaired) electrons. The van der Waals surface area contributed by atoms with Gasteiger partial charge in [-0.3, -0.25) is 0 Å². The summed E-state index contributed by atoms with van der Waals surface area (Å²) in [5.41, 5.74) is 0. The summed E-state index contributed by atoms with van der Waals surface area (Å²) in [6.07, 6.45) is -0.399. The first-order valence-corrected chi connectivity index (χ1v) is 10.2. The van der Waals surface area contributed by atoms with Gasteiger partial charge < -0.3 is 9.64 Å². The third-order valence-electron chi connectivity index (χ3n) is 4.46. The molecule has 2 saturated heterocycles. The second kappa shape index (κ2) is 7.28. The fourth-order valence-electron chi connectivity index (χ4n) is 3.29. The van der Waals surface area contributed by atoms with Crippen LogP contribution in [0.3, 0.4) is 0 Å². The highest BCUT2D eigenvalue weighted by atomic mass is 35.5. The van der Waals surface area contributed by atoms with Gasteiger partial charge in [0.2, 0.25) is 10.0 Å². The SMILES string of the molecule is O=C(Oc1ccc(Cl)cc1)N1C[C@H](N2CCCCS2(=O)=O)CC(F)(F)C1. The van der Waals surface area contributed by atoms with Crippen LogP contribution in [0.25, 0.3) is 0 Å². The summed E-state index contributed by atoms with van der Waals surface area (Å²) in [5, 5.41) is 0.449. The lowest BCUT2D eigenvalue weighted by molar-refractivity contribution is -0.0770. The zero-order valence-electron chi connectivity index (χ0n) is 13.9. The number of piperidine rings is 1. The van der Waals surface area contributed by atoms with E-state index in [9.17, 15) is 22.0 Å². The van der Waals surface area contributed by atoms with E-state index in [0.717, 1.165) is 9.21 Å². The molecule has 3 rings (SSSR count). The van der Waals surface area contributed by atoms with Gasteiger partial charge in [-0.15, -0.1) is 0 Å². The molecule has 0 aromatic heterocycles. The van der Waals surface area contributed by atoms with Crippen molar-refractivity contribution in [2.45, 2.75) is 31.2 Å². The lowest BCUT2D eigenvalue weighted by Gasteiger charge is -2.42. The van der Waals surface area contributed by atoms with Gasteiger partial charge in [-0.25, -0.2) is 22.0 Å². The number of nitrogens with zero attached hydrogens (tertiary/aromatic N) is 2. The van der Waals surface area contributed by atoms with E-state index in [1.165, 1.54) is 24.3 Å². The van der Waals surface area contributed by atoms with Crippen LogP contribution >= 0.6 is 11.6 Å². The number of amides is 1. The van der Waals surface area contributed by atoms with Gasteiger partial charge in [-0.2, -0.15) is 4.31 Å². The first kappa shape index (κ1) is 19.3. The Morgan fingerprint density at radius 1 is 1.23 bits per heavy atom. The van der Waals surface area contributed by atoms with Crippen molar-refractivity contribution in [3.63, 3.8) is 0 Å². The van der Waals surface area contributed by atoms with Crippen molar-refractivity contribution in [2.75, 3.05) is 25.4 Å². The Hall–Kier alpha value is -1.45. The second-order valence-electron chi connectivity index (χ2n) is 6.55. The van der Waals surface area contributed by atoms with E-state index in [2.05, 4.69) is 0 Å². The van der Waals surface area contributed by atoms with E-state index in [1.807, 2.05) is 0 Å². The third kappa shape index (κ3) is 4.44. The molecule has 2 aliphatic rings. The Bertz CT molecular complexity index is 773. The summed E-state index contributed by atoms with van der Waals surface area (Å²) >= 11 is 5.75. The van der Waals surface area contributed by atoms with Crippen LogP contribution in [-0.4, -0.2) is 61.1 Å². The van der Waals surface area contributed by atoms with E-state index < -0.39 is 41.0 Å². The number of alkyl halides is 2. The predicted molar refractivity (Wildman–Crippen MR) is 92.1 cm³/mol. The summed E-state index contributed by atoms with van der Waals surface area (Å²) in [6, 6.07) is 4.97. The molecule has 26 heavy (non-hydrogen) atoms. The van der Waals surface area contributed by atoms with Crippen LogP contribution in [0.2, 0.25) is 5.02 Å². The molecule has 1 amide bonds. The number of ether oxygens (including phenoxy) is 1. The Morgan fingerprint density at radius 2 is 1.92 bits per heavy atom. The maximum Gasteiger partial charge on any atom is 0.415 e. The smallest absolute Gasteiger partial charge is 0.410 e. The quantitative estimate of drug-likeness (QED) is 0.754. The molecule has 0 unspecified atom stereocenters. The molecular weight excluding hydrogens is 390 g/mol. The zero-order valence-corrected chi connectivity index (χ0v) is 15.5. The minimum Gasteiger partial charge on any atom is -0.410 e. The van der Waals surface area contributed by atoms with Crippen LogP contribution in [0.15, 0.2) is 24.3 Å². The maximum atomic E-state index is 14.2. The fourth-order valence-corrected chi connectivity index (χ4v) is 5.22. The number of hydrogen-bond acceptors (Lipinski definition) is 4. The van der Waals surface area contributed by atoms with Crippen molar-refractivity contribution in [1.82, 2.24) is 9.21 Å². The average Bonchev–Trinajstić information content (AvgIpc) is 2.55. The highest BCUT2D eigenvalue weighted by Crippen LogP contribution is 2.32. The van der Waals surface area contributed by atoms with E-state index >= 15 is 0 Å². The highest BCUT2D eigenvalue weighted by Gasteiger charge is 2.47. The van der Waals surface area contributed by atoms with E-state index in [0.29, 0.717) is 17.9 Å². The van der Waals surface area contributed by atoms with E-state index in [1.54, 1.807) is 0 Å². The Morgan fingerprint density at radius 3 is 2.58 bits per heavy atom. The molecule has 2 heterocycles. The van der Waals surface area contributed by atoms with E-state index in [-0.39, 0.29) is 24.6 Å². The minimum absolute atomic E-state index is 0.0513. The largest absolute Gasteiger partial charge is 0.415 e. The molecule has 1 aromatic carbocycles. The molecule has 0 bridgehead atoms. The van der Waals surface area contributed by atoms with Gasteiger partial charge in [-0.1, -0.05) is 11.6 Å². The molecule has 0 N–H and O–H groups in total. The number of sulfonamides is 1. The first-order chi connectivity index (χ1) is 12.2. The van der Waals surface area contributed by atoms with Crippen LogP contribution in [0, 0.1) is 0 Å². The number of halogens is 3. The highest BCUT2D eigenvalue weighted by molar-refractivity contribution is 7.89. The van der Waals surface area contributed by atoms with E-state index in [4.69, 9.17) is 16.3 Å². The molecule has 0 aliphatic carbocycles. The summed E-state index contributed by atoms with van der Waals surface area (Å²) < 4.78 is 59.0. The van der Waals surface area contributed by atoms with Crippen molar-refractivity contribution in [3.8, 4) is 5.75 Å². The number of carbonyl (C=O) groups excluding carboxylic acids is 1. The Kier molecular flexibility index (Phi) is 5.41. The van der Waals surface area contributed by atoms with Crippen LogP contribution in [-0.2, 0) is 10.0 Å². The van der Waals surface area contributed by atoms with Crippen LogP contribution < -0.4 is 4.74 Å². The van der Waals surface area contributed by atoms with Crippen molar-refractivity contribution in [3.05, 3.63) is 29.3 Å². The predicted octanol–water partition coefficient (Wildman–Crippen LogP) is 2.97. The molecule has 1 aromatic rings. The average molecular weight is 409 g/mol. The first-order valence-electron chi connectivity index (χ1n) is 8.26. The molecule has 0 spiro atoms. The van der Waals surface area contributed by atoms with Gasteiger partial charge in [0.1, 0.15) is 5.75 Å². The third-order valence-corrected chi connectivity index (χ3v) is 6.71. The second-order valence-corrected chi connectivity index (χ2v) is 9.03. The molecule has 1 atom stereocenters. The molecule has 6 nitrogen and oxygen atoms in total. The lowest BCUT2D eigenvalue weighted by atomic mass is 10.0. The standard InChI is InChI=1S/C16H19ClF2N2O4S/c17-12-3-5-14(6-4-12)25-15(22)20-10-13(9-16(18,19)11-20)21-7-1-2-8-26(21,23)24/h3-6,13H,1-2,7-11H2/t13-/m1/s1. The molecule has 0 saturated carbocycles. The van der Waals surface area contributed by atoms with Crippen LogP contribution in [0.1, 0.15) is 19.3 Å². The van der Waals surface area contributed by atoms with Gasteiger partial charge in [0.15, 0.2) is 0 Å². The number of hydrogen-bond donors (Lipinski definition) is 0. The van der Waals surface area contributed by atoms with Crippen molar-refractivity contribution < 1.29 is 26.7 Å². The zero-order chi connectivity index (χ0) is 18.9. The van der Waals surface area contributed by atoms with Crippen LogP contribution in [0.5, 0.6) is 5.75 Å². The summed E-state index contributed by atoms with van der Waals surface area (Å²) in [5.74, 6) is -3.06. The topological polar surface area (TPSA) is 66.9 Å². The van der Waals surface area contributed by atoms with Crippen molar-refractivity contribution in [2.24, 2.45) is 0 Å². The number of likely N-dealkylation sites (tertiary alicyclic amines) is 1. The van der Waals surface area contributed by atoms with Crippen molar-refractivity contribution >= 4 is 27.7 Å². The van der Waals surface area contributed by atoms with Crippen molar-refractivity contribution in [1.29, 1.82) is 0 Å². The molecule has 2 fully saturated rings.